The standard InChI is InChI=1S/C15H11F3N2O2S/c1-8-12(23(2,21)22)3-4-20-13(8)14(18)19-15(20)9-5-10(16)7-11(17)6-9/h3-7H,1-2H3. The number of sulfone groups is 1. The van der Waals surface area contributed by atoms with Gasteiger partial charge in [-0.2, -0.15) is 9.37 Å². The van der Waals surface area contributed by atoms with Crippen LogP contribution in [0.2, 0.25) is 0 Å². The first-order chi connectivity index (χ1) is 10.7. The predicted octanol–water partition coefficient (Wildman–Crippen LogP) is 3.13. The van der Waals surface area contributed by atoms with E-state index in [-0.39, 0.29) is 27.4 Å². The Morgan fingerprint density at radius 3 is 2.26 bits per heavy atom. The Labute approximate surface area is 130 Å². The molecule has 8 heteroatoms. The largest absolute Gasteiger partial charge is 0.297 e. The summed E-state index contributed by atoms with van der Waals surface area (Å²) in [6.07, 6.45) is 2.33. The minimum absolute atomic E-state index is 0.0148. The van der Waals surface area contributed by atoms with Gasteiger partial charge in [-0.15, -0.1) is 0 Å². The highest BCUT2D eigenvalue weighted by Gasteiger charge is 2.20. The summed E-state index contributed by atoms with van der Waals surface area (Å²) < 4.78 is 65.7. The van der Waals surface area contributed by atoms with Gasteiger partial charge in [-0.1, -0.05) is 0 Å². The Morgan fingerprint density at radius 2 is 1.70 bits per heavy atom. The van der Waals surface area contributed by atoms with Crippen molar-refractivity contribution in [1.29, 1.82) is 0 Å². The summed E-state index contributed by atoms with van der Waals surface area (Å²) >= 11 is 0. The summed E-state index contributed by atoms with van der Waals surface area (Å²) in [7, 11) is -3.54. The molecule has 2 heterocycles. The second kappa shape index (κ2) is 5.09. The van der Waals surface area contributed by atoms with E-state index < -0.39 is 27.4 Å². The molecule has 23 heavy (non-hydrogen) atoms. The lowest BCUT2D eigenvalue weighted by molar-refractivity contribution is 0.583. The molecule has 0 atom stereocenters. The number of rotatable bonds is 2. The highest BCUT2D eigenvalue weighted by atomic mass is 32.2. The first-order valence-electron chi connectivity index (χ1n) is 6.52. The van der Waals surface area contributed by atoms with Gasteiger partial charge in [0, 0.05) is 24.1 Å². The van der Waals surface area contributed by atoms with Crippen LogP contribution in [-0.4, -0.2) is 24.1 Å². The number of nitrogens with zero attached hydrogens (tertiary/aromatic N) is 2. The van der Waals surface area contributed by atoms with E-state index in [1.807, 2.05) is 0 Å². The average Bonchev–Trinajstić information content (AvgIpc) is 2.74. The third-order valence-electron chi connectivity index (χ3n) is 3.49. The molecule has 0 unspecified atom stereocenters. The molecule has 0 spiro atoms. The van der Waals surface area contributed by atoms with Gasteiger partial charge >= 0.3 is 0 Å². The first kappa shape index (κ1) is 15.5. The van der Waals surface area contributed by atoms with E-state index in [9.17, 15) is 21.6 Å². The van der Waals surface area contributed by atoms with Crippen molar-refractivity contribution in [3.63, 3.8) is 0 Å². The maximum atomic E-state index is 14.2. The zero-order valence-electron chi connectivity index (χ0n) is 12.1. The molecule has 0 aliphatic rings. The van der Waals surface area contributed by atoms with Crippen LogP contribution < -0.4 is 0 Å². The van der Waals surface area contributed by atoms with Gasteiger partial charge < -0.3 is 0 Å². The van der Waals surface area contributed by atoms with Gasteiger partial charge in [-0.3, -0.25) is 4.40 Å². The van der Waals surface area contributed by atoms with Crippen LogP contribution in [0.3, 0.4) is 0 Å². The second-order valence-corrected chi connectivity index (χ2v) is 7.16. The SMILES string of the molecule is Cc1c(S(C)(=O)=O)ccn2c(-c3cc(F)cc(F)c3)nc(F)c12. The van der Waals surface area contributed by atoms with E-state index in [2.05, 4.69) is 4.98 Å². The molecule has 0 bridgehead atoms. The lowest BCUT2D eigenvalue weighted by Gasteiger charge is -2.07. The van der Waals surface area contributed by atoms with Crippen LogP contribution in [0.25, 0.3) is 16.9 Å². The Bertz CT molecular complexity index is 1020. The Morgan fingerprint density at radius 1 is 1.09 bits per heavy atom. The number of aryl methyl sites for hydroxylation is 1. The third-order valence-corrected chi connectivity index (χ3v) is 4.73. The number of halogens is 3. The fraction of sp³-hybridized carbons (Fsp3) is 0.133. The van der Waals surface area contributed by atoms with Crippen molar-refractivity contribution in [3.8, 4) is 11.4 Å². The minimum Gasteiger partial charge on any atom is -0.297 e. The molecule has 0 saturated heterocycles. The lowest BCUT2D eigenvalue weighted by Crippen LogP contribution is -2.03. The van der Waals surface area contributed by atoms with Crippen molar-refractivity contribution in [2.75, 3.05) is 6.26 Å². The van der Waals surface area contributed by atoms with E-state index in [0.717, 1.165) is 18.4 Å². The molecule has 2 aromatic heterocycles. The van der Waals surface area contributed by atoms with E-state index in [1.54, 1.807) is 0 Å². The molecule has 4 nitrogen and oxygen atoms in total. The lowest BCUT2D eigenvalue weighted by atomic mass is 10.2. The molecule has 3 aromatic rings. The van der Waals surface area contributed by atoms with Crippen molar-refractivity contribution in [1.82, 2.24) is 9.38 Å². The van der Waals surface area contributed by atoms with Gasteiger partial charge in [-0.05, 0) is 30.7 Å². The quantitative estimate of drug-likeness (QED) is 0.720. The van der Waals surface area contributed by atoms with Gasteiger partial charge in [0.25, 0.3) is 0 Å². The van der Waals surface area contributed by atoms with Crippen molar-refractivity contribution in [3.05, 3.63) is 53.6 Å². The number of hydrogen-bond acceptors (Lipinski definition) is 3. The smallest absolute Gasteiger partial charge is 0.239 e. The number of pyridine rings is 1. The summed E-state index contributed by atoms with van der Waals surface area (Å²) in [5, 5.41) is 0. The molecule has 0 N–H and O–H groups in total. The van der Waals surface area contributed by atoms with Crippen LogP contribution in [0.1, 0.15) is 5.56 Å². The van der Waals surface area contributed by atoms with Crippen molar-refractivity contribution in [2.45, 2.75) is 11.8 Å². The maximum absolute atomic E-state index is 14.2. The van der Waals surface area contributed by atoms with E-state index >= 15 is 0 Å². The number of benzene rings is 1. The highest BCUT2D eigenvalue weighted by Crippen LogP contribution is 2.28. The van der Waals surface area contributed by atoms with Crippen molar-refractivity contribution in [2.24, 2.45) is 0 Å². The van der Waals surface area contributed by atoms with Crippen molar-refractivity contribution < 1.29 is 21.6 Å². The molecule has 1 aromatic carbocycles. The number of aromatic nitrogens is 2. The van der Waals surface area contributed by atoms with E-state index in [0.29, 0.717) is 6.07 Å². The second-order valence-electron chi connectivity index (χ2n) is 5.18. The monoisotopic (exact) mass is 340 g/mol. The topological polar surface area (TPSA) is 51.4 Å². The molecule has 0 fully saturated rings. The Balaban J connectivity index is 2.36. The average molecular weight is 340 g/mol. The van der Waals surface area contributed by atoms with Crippen LogP contribution in [0.5, 0.6) is 0 Å². The summed E-state index contributed by atoms with van der Waals surface area (Å²) in [6, 6.07) is 4.05. The van der Waals surface area contributed by atoms with Gasteiger partial charge in [0.15, 0.2) is 9.84 Å². The Hall–Kier alpha value is -2.35. The fourth-order valence-electron chi connectivity index (χ4n) is 2.56. The van der Waals surface area contributed by atoms with Gasteiger partial charge in [0.2, 0.25) is 5.95 Å². The summed E-state index contributed by atoms with van der Waals surface area (Å²) in [4.78, 5) is 3.67. The zero-order chi connectivity index (χ0) is 16.9. The van der Waals surface area contributed by atoms with Crippen LogP contribution in [0, 0.1) is 24.5 Å². The van der Waals surface area contributed by atoms with Gasteiger partial charge in [-0.25, -0.2) is 17.2 Å². The zero-order valence-corrected chi connectivity index (χ0v) is 13.0. The van der Waals surface area contributed by atoms with Crippen LogP contribution in [0.4, 0.5) is 13.2 Å². The first-order valence-corrected chi connectivity index (χ1v) is 8.41. The van der Waals surface area contributed by atoms with Crippen LogP contribution in [-0.2, 0) is 9.84 Å². The van der Waals surface area contributed by atoms with Crippen LogP contribution >= 0.6 is 0 Å². The maximum Gasteiger partial charge on any atom is 0.239 e. The molecular weight excluding hydrogens is 329 g/mol. The fourth-order valence-corrected chi connectivity index (χ4v) is 3.52. The molecular formula is C15H11F3N2O2S. The molecule has 0 radical (unpaired) electrons. The molecule has 3 rings (SSSR count). The predicted molar refractivity (Wildman–Crippen MR) is 78.3 cm³/mol. The van der Waals surface area contributed by atoms with Crippen molar-refractivity contribution >= 4 is 15.4 Å². The number of hydrogen-bond donors (Lipinski definition) is 0. The van der Waals surface area contributed by atoms with E-state index in [4.69, 9.17) is 0 Å². The summed E-state index contributed by atoms with van der Waals surface area (Å²) in [6.45, 7) is 1.45. The molecule has 0 aliphatic carbocycles. The normalized spacial score (nSPS) is 12.0. The molecule has 120 valence electrons. The summed E-state index contributed by atoms with van der Waals surface area (Å²) in [5.41, 5.74) is 0.184. The van der Waals surface area contributed by atoms with Gasteiger partial charge in [0.1, 0.15) is 23.0 Å². The Kier molecular flexibility index (Phi) is 3.44. The van der Waals surface area contributed by atoms with Gasteiger partial charge in [0.05, 0.1) is 4.90 Å². The summed E-state index contributed by atoms with van der Waals surface area (Å²) in [5.74, 6) is -2.56. The number of imidazole rings is 1. The highest BCUT2D eigenvalue weighted by molar-refractivity contribution is 7.90. The minimum atomic E-state index is -3.54. The number of fused-ring (bicyclic) bond motifs is 1. The third kappa shape index (κ3) is 2.59. The molecule has 0 saturated carbocycles. The van der Waals surface area contributed by atoms with E-state index in [1.165, 1.54) is 23.6 Å². The molecule has 0 amide bonds. The molecule has 0 aliphatic heterocycles. The van der Waals surface area contributed by atoms with Crippen LogP contribution in [0.15, 0.2) is 35.4 Å².